The highest BCUT2D eigenvalue weighted by atomic mass is 16.5. The molecule has 0 aliphatic carbocycles. The molecule has 24 heavy (non-hydrogen) atoms. The molecule has 1 unspecified atom stereocenters. The standard InChI is InChI=1S/C18H19N3O3/c1-4-21-15-14(6-5-11-19-15)24-18(3,17(21)23)16(22)20-13-9-7-12(2)8-10-13/h5-11H,4H2,1-3H3,(H,20,22). The first-order chi connectivity index (χ1) is 11.5. The summed E-state index contributed by atoms with van der Waals surface area (Å²) in [4.78, 5) is 31.2. The predicted molar refractivity (Wildman–Crippen MR) is 91.1 cm³/mol. The first-order valence-electron chi connectivity index (χ1n) is 7.80. The van der Waals surface area contributed by atoms with Gasteiger partial charge in [0.15, 0.2) is 11.6 Å². The number of fused-ring (bicyclic) bond motifs is 1. The van der Waals surface area contributed by atoms with Gasteiger partial charge in [0.25, 0.3) is 17.4 Å². The van der Waals surface area contributed by atoms with Gasteiger partial charge < -0.3 is 10.1 Å². The molecule has 0 saturated carbocycles. The molecule has 0 bridgehead atoms. The van der Waals surface area contributed by atoms with Gasteiger partial charge in [-0.15, -0.1) is 0 Å². The van der Waals surface area contributed by atoms with Crippen LogP contribution in [0.4, 0.5) is 11.5 Å². The van der Waals surface area contributed by atoms with Crippen LogP contribution in [0.2, 0.25) is 0 Å². The summed E-state index contributed by atoms with van der Waals surface area (Å²) in [5, 5.41) is 2.75. The number of benzene rings is 1. The van der Waals surface area contributed by atoms with Crippen molar-refractivity contribution < 1.29 is 14.3 Å². The van der Waals surface area contributed by atoms with Gasteiger partial charge in [0.2, 0.25) is 0 Å². The molecule has 2 aromatic rings. The fraction of sp³-hybridized carbons (Fsp3) is 0.278. The van der Waals surface area contributed by atoms with Crippen LogP contribution in [-0.2, 0) is 9.59 Å². The number of likely N-dealkylation sites (N-methyl/N-ethyl adjacent to an activating group) is 1. The number of carbonyl (C=O) groups is 2. The molecule has 0 fully saturated rings. The summed E-state index contributed by atoms with van der Waals surface area (Å²) in [6, 6.07) is 10.8. The predicted octanol–water partition coefficient (Wildman–Crippen LogP) is 2.53. The Hall–Kier alpha value is -2.89. The molecule has 1 aliphatic heterocycles. The van der Waals surface area contributed by atoms with E-state index in [4.69, 9.17) is 4.74 Å². The molecule has 2 amide bonds. The van der Waals surface area contributed by atoms with Crippen molar-refractivity contribution in [3.05, 3.63) is 48.2 Å². The smallest absolute Gasteiger partial charge is 0.282 e. The van der Waals surface area contributed by atoms with Gasteiger partial charge in [0.1, 0.15) is 0 Å². The summed E-state index contributed by atoms with van der Waals surface area (Å²) in [7, 11) is 0. The molecule has 124 valence electrons. The molecule has 0 saturated heterocycles. The number of anilines is 2. The third-order valence-corrected chi connectivity index (χ3v) is 4.03. The number of carbonyl (C=O) groups excluding carboxylic acids is 2. The monoisotopic (exact) mass is 325 g/mol. The van der Waals surface area contributed by atoms with Crippen molar-refractivity contribution in [2.75, 3.05) is 16.8 Å². The molecule has 6 heteroatoms. The minimum absolute atomic E-state index is 0.402. The highest BCUT2D eigenvalue weighted by Gasteiger charge is 2.50. The Morgan fingerprint density at radius 3 is 2.67 bits per heavy atom. The van der Waals surface area contributed by atoms with Gasteiger partial charge in [-0.25, -0.2) is 4.98 Å². The van der Waals surface area contributed by atoms with Crippen LogP contribution in [0.3, 0.4) is 0 Å². The van der Waals surface area contributed by atoms with E-state index in [1.807, 2.05) is 26.0 Å². The van der Waals surface area contributed by atoms with E-state index in [0.29, 0.717) is 23.8 Å². The molecule has 1 N–H and O–H groups in total. The number of amides is 2. The van der Waals surface area contributed by atoms with E-state index in [1.54, 1.807) is 30.5 Å². The number of ether oxygens (including phenoxy) is 1. The van der Waals surface area contributed by atoms with Gasteiger partial charge in [0.05, 0.1) is 0 Å². The van der Waals surface area contributed by atoms with E-state index in [-0.39, 0.29) is 0 Å². The van der Waals surface area contributed by atoms with E-state index in [9.17, 15) is 9.59 Å². The van der Waals surface area contributed by atoms with Crippen molar-refractivity contribution in [3.8, 4) is 5.75 Å². The molecule has 1 atom stereocenters. The molecule has 0 radical (unpaired) electrons. The second-order valence-corrected chi connectivity index (χ2v) is 5.83. The summed E-state index contributed by atoms with van der Waals surface area (Å²) in [5.74, 6) is -0.0868. The van der Waals surface area contributed by atoms with Crippen LogP contribution in [0.1, 0.15) is 19.4 Å². The van der Waals surface area contributed by atoms with Gasteiger partial charge in [-0.3, -0.25) is 14.5 Å². The average molecular weight is 325 g/mol. The SMILES string of the molecule is CCN1C(=O)C(C)(C(=O)Nc2ccc(C)cc2)Oc2cccnc21. The number of rotatable bonds is 3. The Balaban J connectivity index is 1.92. The number of nitrogens with zero attached hydrogens (tertiary/aromatic N) is 2. The van der Waals surface area contributed by atoms with Gasteiger partial charge in [-0.1, -0.05) is 17.7 Å². The van der Waals surface area contributed by atoms with E-state index < -0.39 is 17.4 Å². The molecule has 0 spiro atoms. The quantitative estimate of drug-likeness (QED) is 0.880. The van der Waals surface area contributed by atoms with Crippen molar-refractivity contribution in [2.24, 2.45) is 0 Å². The average Bonchev–Trinajstić information content (AvgIpc) is 2.58. The first kappa shape index (κ1) is 16.0. The summed E-state index contributed by atoms with van der Waals surface area (Å²) < 4.78 is 5.76. The van der Waals surface area contributed by atoms with E-state index in [0.717, 1.165) is 5.56 Å². The van der Waals surface area contributed by atoms with Crippen LogP contribution >= 0.6 is 0 Å². The van der Waals surface area contributed by atoms with Crippen LogP contribution in [0.5, 0.6) is 5.75 Å². The lowest BCUT2D eigenvalue weighted by atomic mass is 10.0. The van der Waals surface area contributed by atoms with Crippen LogP contribution in [0.15, 0.2) is 42.6 Å². The van der Waals surface area contributed by atoms with Gasteiger partial charge in [-0.2, -0.15) is 0 Å². The number of aromatic nitrogens is 1. The molecule has 1 aromatic heterocycles. The van der Waals surface area contributed by atoms with Crippen molar-refractivity contribution >= 4 is 23.3 Å². The number of aryl methyl sites for hydroxylation is 1. The third kappa shape index (κ3) is 2.60. The van der Waals surface area contributed by atoms with Crippen LogP contribution < -0.4 is 15.0 Å². The van der Waals surface area contributed by atoms with Crippen molar-refractivity contribution in [3.63, 3.8) is 0 Å². The topological polar surface area (TPSA) is 71.5 Å². The molecule has 6 nitrogen and oxygen atoms in total. The fourth-order valence-electron chi connectivity index (χ4n) is 2.61. The molecule has 2 heterocycles. The van der Waals surface area contributed by atoms with Crippen LogP contribution in [-0.4, -0.2) is 28.9 Å². The maximum absolute atomic E-state index is 12.8. The lowest BCUT2D eigenvalue weighted by Crippen LogP contribution is -2.60. The van der Waals surface area contributed by atoms with Crippen LogP contribution in [0, 0.1) is 6.92 Å². The lowest BCUT2D eigenvalue weighted by molar-refractivity contribution is -0.145. The van der Waals surface area contributed by atoms with Crippen molar-refractivity contribution in [1.82, 2.24) is 4.98 Å². The fourth-order valence-corrected chi connectivity index (χ4v) is 2.61. The van der Waals surface area contributed by atoms with E-state index in [2.05, 4.69) is 10.3 Å². The summed E-state index contributed by atoms with van der Waals surface area (Å²) in [6.07, 6.45) is 1.59. The Labute approximate surface area is 140 Å². The Bertz CT molecular complexity index is 788. The zero-order valence-electron chi connectivity index (χ0n) is 13.9. The second-order valence-electron chi connectivity index (χ2n) is 5.83. The third-order valence-electron chi connectivity index (χ3n) is 4.03. The summed E-state index contributed by atoms with van der Waals surface area (Å²) in [5.41, 5.74) is 0.0568. The Kier molecular flexibility index (Phi) is 3.97. The molecular weight excluding hydrogens is 306 g/mol. The maximum atomic E-state index is 12.8. The molecule has 1 aliphatic rings. The first-order valence-corrected chi connectivity index (χ1v) is 7.80. The zero-order valence-corrected chi connectivity index (χ0v) is 13.9. The minimum Gasteiger partial charge on any atom is -0.464 e. The largest absolute Gasteiger partial charge is 0.464 e. The van der Waals surface area contributed by atoms with Crippen molar-refractivity contribution in [1.29, 1.82) is 0 Å². The molecule has 3 rings (SSSR count). The minimum atomic E-state index is -1.64. The number of nitrogens with one attached hydrogen (secondary N) is 1. The van der Waals surface area contributed by atoms with Crippen LogP contribution in [0.25, 0.3) is 0 Å². The number of hydrogen-bond acceptors (Lipinski definition) is 4. The van der Waals surface area contributed by atoms with Gasteiger partial charge >= 0.3 is 0 Å². The van der Waals surface area contributed by atoms with E-state index >= 15 is 0 Å². The highest BCUT2D eigenvalue weighted by Crippen LogP contribution is 2.36. The molecular formula is C18H19N3O3. The van der Waals surface area contributed by atoms with Gasteiger partial charge in [0, 0.05) is 18.4 Å². The van der Waals surface area contributed by atoms with E-state index in [1.165, 1.54) is 11.8 Å². The normalized spacial score (nSPS) is 19.5. The Morgan fingerprint density at radius 2 is 2.00 bits per heavy atom. The summed E-state index contributed by atoms with van der Waals surface area (Å²) in [6.45, 7) is 5.68. The summed E-state index contributed by atoms with van der Waals surface area (Å²) >= 11 is 0. The number of pyridine rings is 1. The second kappa shape index (κ2) is 5.96. The Morgan fingerprint density at radius 1 is 1.29 bits per heavy atom. The zero-order chi connectivity index (χ0) is 17.3. The van der Waals surface area contributed by atoms with Gasteiger partial charge in [-0.05, 0) is 45.0 Å². The lowest BCUT2D eigenvalue weighted by Gasteiger charge is -2.38. The highest BCUT2D eigenvalue weighted by molar-refractivity contribution is 6.19. The maximum Gasteiger partial charge on any atom is 0.282 e. The van der Waals surface area contributed by atoms with Crippen molar-refractivity contribution in [2.45, 2.75) is 26.4 Å². The number of hydrogen-bond donors (Lipinski definition) is 1. The molecule has 1 aromatic carbocycles.